The van der Waals surface area contributed by atoms with E-state index in [0.29, 0.717) is 0 Å². The molecular weight excluding hydrogens is 296 g/mol. The highest BCUT2D eigenvalue weighted by Crippen LogP contribution is 2.26. The van der Waals surface area contributed by atoms with Crippen molar-refractivity contribution < 1.29 is 31.8 Å². The van der Waals surface area contributed by atoms with Crippen LogP contribution in [-0.4, -0.2) is 22.9 Å². The van der Waals surface area contributed by atoms with Crippen molar-refractivity contribution in [1.29, 1.82) is 0 Å². The number of esters is 1. The molecule has 0 unspecified atom stereocenters. The maximum atomic E-state index is 13.3. The van der Waals surface area contributed by atoms with Gasteiger partial charge in [-0.3, -0.25) is 0 Å². The lowest BCUT2D eigenvalue weighted by atomic mass is 10.3. The molecule has 0 aliphatic carbocycles. The Labute approximate surface area is 115 Å². The van der Waals surface area contributed by atoms with Crippen molar-refractivity contribution >= 4 is 5.97 Å². The predicted octanol–water partition coefficient (Wildman–Crippen LogP) is 2.26. The fourth-order valence-corrected chi connectivity index (χ4v) is 1.46. The van der Waals surface area contributed by atoms with Gasteiger partial charge in [-0.1, -0.05) is 0 Å². The number of methoxy groups -OCH3 is 1. The fourth-order valence-electron chi connectivity index (χ4n) is 1.46. The SMILES string of the molecule is COC(=O)c1ccn(COc2c(F)c(F)cc(F)c2F)n1. The molecule has 2 rings (SSSR count). The Morgan fingerprint density at radius 2 is 1.86 bits per heavy atom. The van der Waals surface area contributed by atoms with E-state index in [2.05, 4.69) is 14.6 Å². The Bertz CT molecular complexity index is 661. The number of hydrogen-bond donors (Lipinski definition) is 0. The molecular formula is C12H8F4N2O3. The average molecular weight is 304 g/mol. The second-order valence-electron chi connectivity index (χ2n) is 3.80. The summed E-state index contributed by atoms with van der Waals surface area (Å²) in [5, 5.41) is 3.68. The lowest BCUT2D eigenvalue weighted by Crippen LogP contribution is -2.11. The second-order valence-corrected chi connectivity index (χ2v) is 3.80. The second kappa shape index (κ2) is 5.81. The van der Waals surface area contributed by atoms with Gasteiger partial charge in [-0.05, 0) is 6.07 Å². The van der Waals surface area contributed by atoms with Crippen LogP contribution >= 0.6 is 0 Å². The van der Waals surface area contributed by atoms with Gasteiger partial charge in [0.1, 0.15) is 0 Å². The van der Waals surface area contributed by atoms with E-state index in [4.69, 9.17) is 0 Å². The number of ether oxygens (including phenoxy) is 2. The maximum Gasteiger partial charge on any atom is 0.358 e. The molecule has 0 atom stereocenters. The van der Waals surface area contributed by atoms with E-state index in [-0.39, 0.29) is 11.8 Å². The summed E-state index contributed by atoms with van der Waals surface area (Å²) in [5.74, 6) is -8.41. The molecule has 0 amide bonds. The smallest absolute Gasteiger partial charge is 0.358 e. The van der Waals surface area contributed by atoms with Crippen LogP contribution in [0.3, 0.4) is 0 Å². The van der Waals surface area contributed by atoms with Crippen LogP contribution in [0.15, 0.2) is 18.3 Å². The first-order chi connectivity index (χ1) is 9.93. The van der Waals surface area contributed by atoms with E-state index >= 15 is 0 Å². The van der Waals surface area contributed by atoms with Gasteiger partial charge in [0.25, 0.3) is 0 Å². The van der Waals surface area contributed by atoms with Crippen molar-refractivity contribution in [3.63, 3.8) is 0 Å². The summed E-state index contributed by atoms with van der Waals surface area (Å²) in [6, 6.07) is 1.34. The highest BCUT2D eigenvalue weighted by atomic mass is 19.2. The first-order valence-electron chi connectivity index (χ1n) is 5.51. The van der Waals surface area contributed by atoms with E-state index in [1.54, 1.807) is 0 Å². The molecule has 112 valence electrons. The van der Waals surface area contributed by atoms with Crippen molar-refractivity contribution in [2.45, 2.75) is 6.73 Å². The number of carbonyl (C=O) groups excluding carboxylic acids is 1. The molecule has 1 heterocycles. The summed E-state index contributed by atoms with van der Waals surface area (Å²) in [5.41, 5.74) is -0.0625. The van der Waals surface area contributed by atoms with E-state index in [9.17, 15) is 22.4 Å². The lowest BCUT2D eigenvalue weighted by molar-refractivity contribution is 0.0591. The van der Waals surface area contributed by atoms with Crippen LogP contribution in [0.4, 0.5) is 17.6 Å². The summed E-state index contributed by atoms with van der Waals surface area (Å²) in [4.78, 5) is 11.1. The lowest BCUT2D eigenvalue weighted by Gasteiger charge is -2.09. The molecule has 0 fully saturated rings. The summed E-state index contributed by atoms with van der Waals surface area (Å²) in [7, 11) is 1.15. The number of hydrogen-bond acceptors (Lipinski definition) is 4. The van der Waals surface area contributed by atoms with Gasteiger partial charge in [-0.15, -0.1) is 0 Å². The minimum Gasteiger partial charge on any atom is -0.465 e. The van der Waals surface area contributed by atoms with Gasteiger partial charge in [-0.2, -0.15) is 13.9 Å². The highest BCUT2D eigenvalue weighted by molar-refractivity contribution is 5.86. The van der Waals surface area contributed by atoms with Crippen LogP contribution in [0.5, 0.6) is 5.75 Å². The van der Waals surface area contributed by atoms with Crippen molar-refractivity contribution in [1.82, 2.24) is 9.78 Å². The zero-order chi connectivity index (χ0) is 15.6. The number of halogens is 4. The van der Waals surface area contributed by atoms with Gasteiger partial charge in [-0.25, -0.2) is 18.3 Å². The van der Waals surface area contributed by atoms with Crippen molar-refractivity contribution in [3.05, 3.63) is 47.3 Å². The first-order valence-corrected chi connectivity index (χ1v) is 5.51. The molecule has 9 heteroatoms. The largest absolute Gasteiger partial charge is 0.465 e. The Balaban J connectivity index is 2.17. The Kier molecular flexibility index (Phi) is 4.10. The van der Waals surface area contributed by atoms with Gasteiger partial charge in [0.15, 0.2) is 29.8 Å². The Morgan fingerprint density at radius 1 is 1.24 bits per heavy atom. The normalized spacial score (nSPS) is 10.5. The third-order valence-electron chi connectivity index (χ3n) is 2.45. The maximum absolute atomic E-state index is 13.3. The van der Waals surface area contributed by atoms with Crippen LogP contribution in [0.2, 0.25) is 0 Å². The van der Waals surface area contributed by atoms with Crippen LogP contribution in [0.1, 0.15) is 10.5 Å². The van der Waals surface area contributed by atoms with Gasteiger partial charge in [0, 0.05) is 12.3 Å². The molecule has 1 aromatic heterocycles. The summed E-state index contributed by atoms with van der Waals surface area (Å²) in [6.07, 6.45) is 1.26. The van der Waals surface area contributed by atoms with Gasteiger partial charge in [0.2, 0.25) is 11.6 Å². The fraction of sp³-hybridized carbons (Fsp3) is 0.167. The van der Waals surface area contributed by atoms with Gasteiger partial charge < -0.3 is 9.47 Å². The minimum absolute atomic E-state index is 0.0625. The molecule has 0 saturated carbocycles. The number of benzene rings is 1. The number of carbonyl (C=O) groups is 1. The van der Waals surface area contributed by atoms with E-state index in [0.717, 1.165) is 11.8 Å². The number of rotatable bonds is 4. The standard InChI is InChI=1S/C12H8F4N2O3/c1-20-12(19)8-2-3-18(17-8)5-21-11-9(15)6(13)4-7(14)10(11)16/h2-4H,5H2,1H3. The highest BCUT2D eigenvalue weighted by Gasteiger charge is 2.20. The monoisotopic (exact) mass is 304 g/mol. The van der Waals surface area contributed by atoms with Crippen molar-refractivity contribution in [3.8, 4) is 5.75 Å². The third kappa shape index (κ3) is 2.96. The zero-order valence-electron chi connectivity index (χ0n) is 10.6. The number of nitrogens with zero attached hydrogens (tertiary/aromatic N) is 2. The molecule has 5 nitrogen and oxygen atoms in total. The topological polar surface area (TPSA) is 53.4 Å². The third-order valence-corrected chi connectivity index (χ3v) is 2.45. The van der Waals surface area contributed by atoms with Gasteiger partial charge in [0.05, 0.1) is 7.11 Å². The molecule has 0 radical (unpaired) electrons. The van der Waals surface area contributed by atoms with Crippen LogP contribution in [-0.2, 0) is 11.5 Å². The molecule has 0 aliphatic rings. The molecule has 0 bridgehead atoms. The molecule has 0 saturated heterocycles. The number of aromatic nitrogens is 2. The zero-order valence-corrected chi connectivity index (χ0v) is 10.6. The molecule has 2 aromatic rings. The summed E-state index contributed by atoms with van der Waals surface area (Å²) in [6.45, 7) is -0.562. The summed E-state index contributed by atoms with van der Waals surface area (Å²) >= 11 is 0. The first kappa shape index (κ1) is 14.8. The molecule has 21 heavy (non-hydrogen) atoms. The van der Waals surface area contributed by atoms with Crippen LogP contribution < -0.4 is 4.74 Å². The average Bonchev–Trinajstić information content (AvgIpc) is 2.93. The Morgan fingerprint density at radius 3 is 2.43 bits per heavy atom. The molecule has 0 N–H and O–H groups in total. The van der Waals surface area contributed by atoms with Crippen molar-refractivity contribution in [2.75, 3.05) is 7.11 Å². The van der Waals surface area contributed by atoms with Gasteiger partial charge >= 0.3 is 5.97 Å². The van der Waals surface area contributed by atoms with Crippen LogP contribution in [0.25, 0.3) is 0 Å². The predicted molar refractivity (Wildman–Crippen MR) is 60.5 cm³/mol. The van der Waals surface area contributed by atoms with E-state index < -0.39 is 41.7 Å². The molecule has 1 aromatic carbocycles. The molecule has 0 aliphatic heterocycles. The quantitative estimate of drug-likeness (QED) is 0.494. The van der Waals surface area contributed by atoms with E-state index in [1.165, 1.54) is 12.3 Å². The van der Waals surface area contributed by atoms with Crippen LogP contribution in [0, 0.1) is 23.3 Å². The Hall–Kier alpha value is -2.58. The van der Waals surface area contributed by atoms with E-state index in [1.807, 2.05) is 0 Å². The minimum atomic E-state index is -1.66. The summed E-state index contributed by atoms with van der Waals surface area (Å²) < 4.78 is 62.6. The molecule has 0 spiro atoms. The van der Waals surface area contributed by atoms with Crippen molar-refractivity contribution in [2.24, 2.45) is 0 Å².